The predicted molar refractivity (Wildman–Crippen MR) is 137 cm³/mol. The summed E-state index contributed by atoms with van der Waals surface area (Å²) >= 11 is 6.79. The lowest BCUT2D eigenvalue weighted by atomic mass is 9.81. The first-order valence-corrected chi connectivity index (χ1v) is 12.3. The van der Waals surface area contributed by atoms with Crippen molar-refractivity contribution in [1.82, 2.24) is 5.32 Å². The number of Topliss-reactive ketones (excluding diaryl/α,β-unsaturated/α-hetero) is 2. The highest BCUT2D eigenvalue weighted by Crippen LogP contribution is 2.46. The van der Waals surface area contributed by atoms with E-state index in [1.54, 1.807) is 42.5 Å². The van der Waals surface area contributed by atoms with Crippen molar-refractivity contribution < 1.29 is 18.7 Å². The van der Waals surface area contributed by atoms with Crippen molar-refractivity contribution in [3.63, 3.8) is 0 Å². The molecule has 0 amide bonds. The summed E-state index contributed by atoms with van der Waals surface area (Å²) in [7, 11) is 0. The molecule has 0 spiro atoms. The maximum Gasteiger partial charge on any atom is 0.344 e. The number of rotatable bonds is 3. The number of hydrogen-bond donors (Lipinski definition) is 1. The molecule has 0 saturated heterocycles. The van der Waals surface area contributed by atoms with E-state index in [4.69, 9.17) is 9.15 Å². The minimum Gasteiger partial charge on any atom is -0.440 e. The molecule has 2 aliphatic heterocycles. The van der Waals surface area contributed by atoms with E-state index in [0.29, 0.717) is 27.8 Å². The standard InChI is InChI=1S/C27H15Br2NO5/c28-15-9-5-13(6-10-15)19-20-24(32)22(23(31)14-7-11-16(29)12-8-14)30-26(20)35-25-17-3-1-2-4-18(17)34-27(33)21(19)25/h1-12,19,22,30H/t19-,22-/m1/s1. The molecule has 1 N–H and O–H groups in total. The van der Waals surface area contributed by atoms with Gasteiger partial charge in [-0.1, -0.05) is 68.3 Å². The molecule has 8 heteroatoms. The minimum atomic E-state index is -1.16. The molecule has 0 fully saturated rings. The van der Waals surface area contributed by atoms with E-state index in [-0.39, 0.29) is 22.8 Å². The fraction of sp³-hybridized carbons (Fsp3) is 0.0741. The molecular formula is C27H15Br2NO5. The van der Waals surface area contributed by atoms with Crippen LogP contribution in [0, 0.1) is 0 Å². The SMILES string of the molecule is O=C1C2=C(N[C@@H]1C(=O)c1ccc(Br)cc1)Oc1c(c(=O)oc3ccccc13)[C@@H]2c1ccc(Br)cc1. The number of ketones is 2. The first-order chi connectivity index (χ1) is 16.9. The van der Waals surface area contributed by atoms with Gasteiger partial charge in [0.05, 0.1) is 22.4 Å². The van der Waals surface area contributed by atoms with Crippen LogP contribution in [0.3, 0.4) is 0 Å². The fourth-order valence-corrected chi connectivity index (χ4v) is 5.12. The van der Waals surface area contributed by atoms with Gasteiger partial charge in [0.1, 0.15) is 5.58 Å². The van der Waals surface area contributed by atoms with Gasteiger partial charge in [0.15, 0.2) is 23.4 Å². The number of para-hydroxylation sites is 1. The molecule has 2 atom stereocenters. The molecule has 3 heterocycles. The van der Waals surface area contributed by atoms with Gasteiger partial charge in [-0.05, 0) is 42.0 Å². The maximum absolute atomic E-state index is 13.7. The summed E-state index contributed by atoms with van der Waals surface area (Å²) in [6.45, 7) is 0. The Morgan fingerprint density at radius 2 is 1.51 bits per heavy atom. The summed E-state index contributed by atoms with van der Waals surface area (Å²) in [6, 6.07) is 20.0. The highest BCUT2D eigenvalue weighted by Gasteiger charge is 2.47. The van der Waals surface area contributed by atoms with Crippen molar-refractivity contribution in [3.8, 4) is 5.75 Å². The van der Waals surface area contributed by atoms with Crippen LogP contribution in [-0.2, 0) is 4.79 Å². The van der Waals surface area contributed by atoms with Crippen molar-refractivity contribution in [2.24, 2.45) is 0 Å². The topological polar surface area (TPSA) is 85.6 Å². The fourth-order valence-electron chi connectivity index (χ4n) is 4.59. The smallest absolute Gasteiger partial charge is 0.344 e. The zero-order valence-corrected chi connectivity index (χ0v) is 21.1. The summed E-state index contributed by atoms with van der Waals surface area (Å²) in [6.07, 6.45) is 0. The Morgan fingerprint density at radius 1 is 0.857 bits per heavy atom. The van der Waals surface area contributed by atoms with Gasteiger partial charge in [0.25, 0.3) is 0 Å². The minimum absolute atomic E-state index is 0.182. The number of carbonyl (C=O) groups excluding carboxylic acids is 2. The number of nitrogens with one attached hydrogen (secondary N) is 1. The molecule has 0 bridgehead atoms. The second-order valence-corrected chi connectivity index (χ2v) is 10.1. The summed E-state index contributed by atoms with van der Waals surface area (Å²) in [4.78, 5) is 40.2. The molecular weight excluding hydrogens is 578 g/mol. The summed E-state index contributed by atoms with van der Waals surface area (Å²) in [5.74, 6) is -1.07. The molecule has 0 radical (unpaired) electrons. The Morgan fingerprint density at radius 3 is 2.23 bits per heavy atom. The monoisotopic (exact) mass is 591 g/mol. The third-order valence-corrected chi connectivity index (χ3v) is 7.28. The highest BCUT2D eigenvalue weighted by molar-refractivity contribution is 9.10. The first-order valence-electron chi connectivity index (χ1n) is 10.8. The Kier molecular flexibility index (Phi) is 5.23. The van der Waals surface area contributed by atoms with Crippen molar-refractivity contribution in [3.05, 3.63) is 120 Å². The Bertz CT molecular complexity index is 1620. The Balaban J connectivity index is 1.52. The van der Waals surface area contributed by atoms with Crippen LogP contribution >= 0.6 is 31.9 Å². The van der Waals surface area contributed by atoms with Gasteiger partial charge in [0.2, 0.25) is 5.88 Å². The lowest BCUT2D eigenvalue weighted by Crippen LogP contribution is -2.38. The number of benzene rings is 3. The van der Waals surface area contributed by atoms with Crippen LogP contribution in [0.2, 0.25) is 0 Å². The highest BCUT2D eigenvalue weighted by atomic mass is 79.9. The molecule has 0 unspecified atom stereocenters. The second-order valence-electron chi connectivity index (χ2n) is 8.27. The molecule has 1 aromatic heterocycles. The summed E-state index contributed by atoms with van der Waals surface area (Å²) in [5.41, 5.74) is 1.35. The molecule has 6 rings (SSSR count). The lowest BCUT2D eigenvalue weighted by molar-refractivity contribution is -0.115. The maximum atomic E-state index is 13.7. The lowest BCUT2D eigenvalue weighted by Gasteiger charge is -2.26. The van der Waals surface area contributed by atoms with Crippen molar-refractivity contribution in [1.29, 1.82) is 0 Å². The van der Waals surface area contributed by atoms with Crippen LogP contribution in [0.5, 0.6) is 5.75 Å². The van der Waals surface area contributed by atoms with Crippen LogP contribution in [-0.4, -0.2) is 17.6 Å². The van der Waals surface area contributed by atoms with Crippen molar-refractivity contribution in [2.45, 2.75) is 12.0 Å². The number of fused-ring (bicyclic) bond motifs is 3. The largest absolute Gasteiger partial charge is 0.440 e. The second kappa shape index (κ2) is 8.32. The van der Waals surface area contributed by atoms with Gasteiger partial charge in [-0.15, -0.1) is 0 Å². The molecule has 3 aromatic carbocycles. The predicted octanol–water partition coefficient (Wildman–Crippen LogP) is 5.48. The molecule has 0 aliphatic carbocycles. The normalized spacial score (nSPS) is 18.6. The van der Waals surface area contributed by atoms with E-state index in [1.165, 1.54) is 0 Å². The average Bonchev–Trinajstić information content (AvgIpc) is 3.19. The van der Waals surface area contributed by atoms with Crippen molar-refractivity contribution in [2.75, 3.05) is 0 Å². The zero-order valence-electron chi connectivity index (χ0n) is 17.9. The number of halogens is 2. The van der Waals surface area contributed by atoms with Gasteiger partial charge in [-0.3, -0.25) is 9.59 Å². The van der Waals surface area contributed by atoms with Crippen LogP contribution in [0.1, 0.15) is 27.4 Å². The molecule has 35 heavy (non-hydrogen) atoms. The summed E-state index contributed by atoms with van der Waals surface area (Å²) < 4.78 is 13.4. The van der Waals surface area contributed by atoms with E-state index in [9.17, 15) is 14.4 Å². The number of carbonyl (C=O) groups is 2. The van der Waals surface area contributed by atoms with Crippen LogP contribution in [0.25, 0.3) is 11.0 Å². The third-order valence-electron chi connectivity index (χ3n) is 6.22. The molecule has 2 aliphatic rings. The summed E-state index contributed by atoms with van der Waals surface area (Å²) in [5, 5.41) is 3.60. The van der Waals surface area contributed by atoms with Crippen LogP contribution in [0.15, 0.2) is 102 Å². The van der Waals surface area contributed by atoms with Crippen LogP contribution in [0.4, 0.5) is 0 Å². The molecule has 6 nitrogen and oxygen atoms in total. The quantitative estimate of drug-likeness (QED) is 0.193. The van der Waals surface area contributed by atoms with Crippen molar-refractivity contribution >= 4 is 54.4 Å². The van der Waals surface area contributed by atoms with Gasteiger partial charge >= 0.3 is 5.63 Å². The van der Waals surface area contributed by atoms with E-state index in [2.05, 4.69) is 37.2 Å². The van der Waals surface area contributed by atoms with Gasteiger partial charge in [-0.25, -0.2) is 4.79 Å². The number of ether oxygens (including phenoxy) is 1. The van der Waals surface area contributed by atoms with E-state index < -0.39 is 23.4 Å². The molecule has 172 valence electrons. The van der Waals surface area contributed by atoms with E-state index >= 15 is 0 Å². The zero-order chi connectivity index (χ0) is 24.3. The Hall–Kier alpha value is -3.49. The van der Waals surface area contributed by atoms with Crippen LogP contribution < -0.4 is 15.7 Å². The van der Waals surface area contributed by atoms with Gasteiger partial charge < -0.3 is 14.5 Å². The average molecular weight is 593 g/mol. The van der Waals surface area contributed by atoms with E-state index in [1.807, 2.05) is 30.3 Å². The molecule has 0 saturated carbocycles. The van der Waals surface area contributed by atoms with Gasteiger partial charge in [0, 0.05) is 14.5 Å². The number of hydrogen-bond acceptors (Lipinski definition) is 6. The van der Waals surface area contributed by atoms with E-state index in [0.717, 1.165) is 8.95 Å². The Labute approximate surface area is 215 Å². The molecule has 4 aromatic rings. The van der Waals surface area contributed by atoms with Gasteiger partial charge in [-0.2, -0.15) is 0 Å². The third kappa shape index (κ3) is 3.56. The first kappa shape index (κ1) is 22.0.